The van der Waals surface area contributed by atoms with E-state index in [1.165, 1.54) is 6.20 Å². The number of halogens is 1. The first-order chi connectivity index (χ1) is 11.4. The lowest BCUT2D eigenvalue weighted by Crippen LogP contribution is -1.85. The predicted molar refractivity (Wildman–Crippen MR) is 89.4 cm³/mol. The molecule has 0 fully saturated rings. The number of aromatic nitrogens is 1. The van der Waals surface area contributed by atoms with Gasteiger partial charge in [-0.15, -0.1) is 0 Å². The van der Waals surface area contributed by atoms with Crippen LogP contribution in [0.5, 0.6) is 0 Å². The standard InChI is InChI=1S/C18H12BrNO/c1-11-6-9-15(20-10-11)12-7-8-14(19)17-13-4-2-3-5-16(13)21-18(12)17/h2-10H,1H3/i1D3. The molecule has 2 aromatic heterocycles. The second-order valence-electron chi connectivity index (χ2n) is 4.83. The second-order valence-corrected chi connectivity index (χ2v) is 5.68. The smallest absolute Gasteiger partial charge is 0.145 e. The summed E-state index contributed by atoms with van der Waals surface area (Å²) < 4.78 is 29.3. The summed E-state index contributed by atoms with van der Waals surface area (Å²) in [6, 6.07) is 15.0. The maximum absolute atomic E-state index is 7.45. The predicted octanol–water partition coefficient (Wildman–Crippen LogP) is 5.72. The van der Waals surface area contributed by atoms with Crippen LogP contribution in [0.3, 0.4) is 0 Å². The number of furan rings is 1. The largest absolute Gasteiger partial charge is 0.455 e. The van der Waals surface area contributed by atoms with Crippen molar-refractivity contribution in [3.63, 3.8) is 0 Å². The summed E-state index contributed by atoms with van der Waals surface area (Å²) in [6.07, 6.45) is 1.40. The zero-order chi connectivity index (χ0) is 16.9. The number of hydrogen-bond donors (Lipinski definition) is 0. The quantitative estimate of drug-likeness (QED) is 0.443. The van der Waals surface area contributed by atoms with Gasteiger partial charge in [0.2, 0.25) is 0 Å². The van der Waals surface area contributed by atoms with Gasteiger partial charge in [-0.25, -0.2) is 0 Å². The molecule has 0 aliphatic carbocycles. The van der Waals surface area contributed by atoms with E-state index < -0.39 is 6.85 Å². The molecule has 0 amide bonds. The van der Waals surface area contributed by atoms with E-state index in [1.807, 2.05) is 36.4 Å². The number of fused-ring (bicyclic) bond motifs is 3. The minimum atomic E-state index is -2.15. The average Bonchev–Trinajstić information content (AvgIpc) is 2.95. The Labute approximate surface area is 134 Å². The molecule has 0 spiro atoms. The number of pyridine rings is 1. The van der Waals surface area contributed by atoms with Gasteiger partial charge in [-0.1, -0.05) is 40.2 Å². The summed E-state index contributed by atoms with van der Waals surface area (Å²) >= 11 is 3.59. The second kappa shape index (κ2) is 4.71. The van der Waals surface area contributed by atoms with Crippen LogP contribution in [-0.2, 0) is 0 Å². The Morgan fingerprint density at radius 2 is 2.00 bits per heavy atom. The van der Waals surface area contributed by atoms with Crippen molar-refractivity contribution in [3.05, 3.63) is 64.8 Å². The van der Waals surface area contributed by atoms with E-state index in [0.717, 1.165) is 32.0 Å². The van der Waals surface area contributed by atoms with Crippen LogP contribution in [0.2, 0.25) is 0 Å². The Bertz CT molecular complexity index is 1050. The first-order valence-corrected chi connectivity index (χ1v) is 7.31. The topological polar surface area (TPSA) is 26.0 Å². The molecule has 21 heavy (non-hydrogen) atoms. The molecule has 0 atom stereocenters. The van der Waals surface area contributed by atoms with E-state index in [9.17, 15) is 0 Å². The summed E-state index contributed by atoms with van der Waals surface area (Å²) in [5, 5.41) is 2.02. The number of rotatable bonds is 1. The monoisotopic (exact) mass is 340 g/mol. The number of aryl methyl sites for hydroxylation is 1. The maximum Gasteiger partial charge on any atom is 0.145 e. The van der Waals surface area contributed by atoms with Crippen LogP contribution >= 0.6 is 15.9 Å². The zero-order valence-corrected chi connectivity index (χ0v) is 12.5. The van der Waals surface area contributed by atoms with Crippen LogP contribution in [0, 0.1) is 6.85 Å². The van der Waals surface area contributed by atoms with Gasteiger partial charge in [0, 0.05) is 31.1 Å². The summed E-state index contributed by atoms with van der Waals surface area (Å²) in [5.74, 6) is 0. The molecule has 3 heteroatoms. The minimum absolute atomic E-state index is 0.226. The van der Waals surface area contributed by atoms with E-state index in [0.29, 0.717) is 5.69 Å². The maximum atomic E-state index is 7.45. The minimum Gasteiger partial charge on any atom is -0.455 e. The van der Waals surface area contributed by atoms with Gasteiger partial charge in [-0.05, 0) is 36.7 Å². The van der Waals surface area contributed by atoms with Crippen LogP contribution in [0.15, 0.2) is 63.6 Å². The Balaban J connectivity index is 1.96. The summed E-state index contributed by atoms with van der Waals surface area (Å²) in [7, 11) is 0. The number of benzene rings is 2. The number of nitrogens with zero attached hydrogens (tertiary/aromatic N) is 1. The molecule has 2 heterocycles. The molecular weight excluding hydrogens is 326 g/mol. The van der Waals surface area contributed by atoms with E-state index >= 15 is 0 Å². The highest BCUT2D eigenvalue weighted by Gasteiger charge is 2.15. The summed E-state index contributed by atoms with van der Waals surface area (Å²) in [6.45, 7) is -2.15. The van der Waals surface area contributed by atoms with Crippen LogP contribution in [0.4, 0.5) is 0 Å². The Morgan fingerprint density at radius 1 is 1.10 bits per heavy atom. The average molecular weight is 341 g/mol. The Kier molecular flexibility index (Phi) is 2.18. The fraction of sp³-hybridized carbons (Fsp3) is 0.0556. The highest BCUT2D eigenvalue weighted by Crippen LogP contribution is 2.39. The lowest BCUT2D eigenvalue weighted by Gasteiger charge is -2.03. The lowest BCUT2D eigenvalue weighted by atomic mass is 10.1. The highest BCUT2D eigenvalue weighted by atomic mass is 79.9. The Hall–Kier alpha value is -2.13. The van der Waals surface area contributed by atoms with Crippen molar-refractivity contribution in [2.24, 2.45) is 0 Å². The highest BCUT2D eigenvalue weighted by molar-refractivity contribution is 9.10. The number of para-hydroxylation sites is 1. The van der Waals surface area contributed by atoms with Crippen LogP contribution < -0.4 is 0 Å². The van der Waals surface area contributed by atoms with Gasteiger partial charge in [-0.3, -0.25) is 4.98 Å². The SMILES string of the molecule is [2H]C([2H])([2H])c1ccc(-c2ccc(Br)c3c2oc2ccccc23)nc1. The first-order valence-electron chi connectivity index (χ1n) is 8.02. The third-order valence-corrected chi connectivity index (χ3v) is 4.18. The van der Waals surface area contributed by atoms with Gasteiger partial charge < -0.3 is 4.42 Å². The van der Waals surface area contributed by atoms with Crippen LogP contribution in [0.1, 0.15) is 9.68 Å². The molecule has 0 aliphatic rings. The molecule has 0 saturated heterocycles. The van der Waals surface area contributed by atoms with Crippen LogP contribution in [0.25, 0.3) is 33.2 Å². The van der Waals surface area contributed by atoms with Gasteiger partial charge in [0.05, 0.1) is 5.69 Å². The molecular formula is C18H12BrNO. The van der Waals surface area contributed by atoms with Crippen molar-refractivity contribution >= 4 is 37.9 Å². The molecule has 0 radical (unpaired) electrons. The van der Waals surface area contributed by atoms with Gasteiger partial charge in [0.25, 0.3) is 0 Å². The summed E-state index contributed by atoms with van der Waals surface area (Å²) in [4.78, 5) is 4.33. The van der Waals surface area contributed by atoms with Gasteiger partial charge in [0.15, 0.2) is 0 Å². The normalized spacial score (nSPS) is 14.0. The Morgan fingerprint density at radius 3 is 2.81 bits per heavy atom. The molecule has 2 nitrogen and oxygen atoms in total. The fourth-order valence-corrected chi connectivity index (χ4v) is 3.07. The molecule has 2 aromatic carbocycles. The first kappa shape index (κ1) is 9.74. The molecule has 0 bridgehead atoms. The van der Waals surface area contributed by atoms with Gasteiger partial charge >= 0.3 is 0 Å². The van der Waals surface area contributed by atoms with E-state index in [1.54, 1.807) is 12.1 Å². The molecule has 102 valence electrons. The third kappa shape index (κ3) is 1.96. The van der Waals surface area contributed by atoms with Crippen molar-refractivity contribution in [1.82, 2.24) is 4.98 Å². The van der Waals surface area contributed by atoms with Crippen molar-refractivity contribution in [2.75, 3.05) is 0 Å². The molecule has 0 N–H and O–H groups in total. The van der Waals surface area contributed by atoms with Crippen molar-refractivity contribution in [3.8, 4) is 11.3 Å². The van der Waals surface area contributed by atoms with Gasteiger partial charge in [-0.2, -0.15) is 0 Å². The molecule has 0 aliphatic heterocycles. The lowest BCUT2D eigenvalue weighted by molar-refractivity contribution is 0.669. The molecule has 4 rings (SSSR count). The van der Waals surface area contributed by atoms with Gasteiger partial charge in [0.1, 0.15) is 11.2 Å². The van der Waals surface area contributed by atoms with Crippen molar-refractivity contribution in [1.29, 1.82) is 0 Å². The van der Waals surface area contributed by atoms with Crippen molar-refractivity contribution < 1.29 is 8.53 Å². The third-order valence-electron chi connectivity index (χ3n) is 3.51. The number of hydrogen-bond acceptors (Lipinski definition) is 2. The molecule has 0 saturated carbocycles. The zero-order valence-electron chi connectivity index (χ0n) is 13.9. The summed E-state index contributed by atoms with van der Waals surface area (Å²) in [5.41, 5.74) is 3.28. The van der Waals surface area contributed by atoms with Crippen molar-refractivity contribution in [2.45, 2.75) is 6.85 Å². The van der Waals surface area contributed by atoms with E-state index in [2.05, 4.69) is 20.9 Å². The molecule has 4 aromatic rings. The van der Waals surface area contributed by atoms with E-state index in [-0.39, 0.29) is 5.56 Å². The molecule has 0 unspecified atom stereocenters. The van der Waals surface area contributed by atoms with Crippen LogP contribution in [-0.4, -0.2) is 4.98 Å². The van der Waals surface area contributed by atoms with E-state index in [4.69, 9.17) is 8.53 Å². The fourth-order valence-electron chi connectivity index (χ4n) is 2.54.